The molecule has 0 amide bonds. The van der Waals surface area contributed by atoms with Crippen LogP contribution in [0, 0.1) is 0 Å². The third-order valence-electron chi connectivity index (χ3n) is 2.86. The zero-order chi connectivity index (χ0) is 15.4. The number of hydrogen-bond acceptors (Lipinski definition) is 3. The summed E-state index contributed by atoms with van der Waals surface area (Å²) in [5.74, 6) is 0.0985. The van der Waals surface area contributed by atoms with E-state index in [0.717, 1.165) is 24.7 Å². The van der Waals surface area contributed by atoms with E-state index in [1.165, 1.54) is 0 Å². The highest BCUT2D eigenvalue weighted by molar-refractivity contribution is 9.11. The Morgan fingerprint density at radius 3 is 2.38 bits per heavy atom. The molecule has 0 fully saturated rings. The summed E-state index contributed by atoms with van der Waals surface area (Å²) in [7, 11) is 0. The molecule has 110 valence electrons. The number of rotatable bonds is 4. The second kappa shape index (κ2) is 7.29. The van der Waals surface area contributed by atoms with E-state index in [4.69, 9.17) is 10.9 Å². The van der Waals surface area contributed by atoms with Crippen LogP contribution in [0.15, 0.2) is 55.0 Å². The van der Waals surface area contributed by atoms with Gasteiger partial charge in [-0.1, -0.05) is 45.4 Å². The van der Waals surface area contributed by atoms with Gasteiger partial charge >= 0.3 is 0 Å². The molecule has 0 saturated carbocycles. The molecule has 0 aliphatic carbocycles. The molecule has 2 aromatic carbocycles. The van der Waals surface area contributed by atoms with Crippen LogP contribution in [0.3, 0.4) is 0 Å². The van der Waals surface area contributed by atoms with Crippen molar-refractivity contribution in [3.63, 3.8) is 0 Å². The van der Waals surface area contributed by atoms with Crippen molar-refractivity contribution in [3.05, 3.63) is 60.9 Å². The summed E-state index contributed by atoms with van der Waals surface area (Å²) in [6.07, 6.45) is 0. The largest absolute Gasteiger partial charge is 0.409 e. The van der Waals surface area contributed by atoms with Crippen LogP contribution < -0.4 is 11.1 Å². The Balaban J connectivity index is 2.26. The van der Waals surface area contributed by atoms with Crippen LogP contribution in [-0.2, 0) is 6.54 Å². The molecular formula is C14H12Br3N3O. The highest BCUT2D eigenvalue weighted by Gasteiger charge is 2.09. The molecule has 0 aliphatic heterocycles. The standard InChI is InChI=1S/C14H12Br3N3O/c15-9-5-11(16)13(12(17)6-9)19-7-8-3-1-2-4-10(8)14(18)20-21/h1-6,19,21H,7H2,(H2,18,20). The van der Waals surface area contributed by atoms with Crippen molar-refractivity contribution in [1.29, 1.82) is 0 Å². The molecule has 2 rings (SSSR count). The lowest BCUT2D eigenvalue weighted by molar-refractivity contribution is 0.318. The number of hydrogen-bond donors (Lipinski definition) is 3. The van der Waals surface area contributed by atoms with E-state index >= 15 is 0 Å². The maximum Gasteiger partial charge on any atom is 0.170 e. The van der Waals surface area contributed by atoms with Gasteiger partial charge in [0.25, 0.3) is 0 Å². The maximum absolute atomic E-state index is 8.84. The zero-order valence-electron chi connectivity index (χ0n) is 10.8. The van der Waals surface area contributed by atoms with Crippen LogP contribution in [-0.4, -0.2) is 11.0 Å². The van der Waals surface area contributed by atoms with Crippen molar-refractivity contribution in [2.24, 2.45) is 10.9 Å². The molecule has 0 heterocycles. The van der Waals surface area contributed by atoms with E-state index < -0.39 is 0 Å². The summed E-state index contributed by atoms with van der Waals surface area (Å²) in [6.45, 7) is 0.547. The first-order valence-corrected chi connectivity index (χ1v) is 8.35. The Labute approximate surface area is 147 Å². The Morgan fingerprint density at radius 1 is 1.14 bits per heavy atom. The molecule has 0 aliphatic rings. The van der Waals surface area contributed by atoms with Gasteiger partial charge in [-0.15, -0.1) is 0 Å². The topological polar surface area (TPSA) is 70.6 Å². The first kappa shape index (κ1) is 16.3. The van der Waals surface area contributed by atoms with Gasteiger partial charge in [-0.05, 0) is 49.6 Å². The molecule has 4 nitrogen and oxygen atoms in total. The van der Waals surface area contributed by atoms with E-state index in [-0.39, 0.29) is 5.84 Å². The van der Waals surface area contributed by atoms with Crippen LogP contribution in [0.2, 0.25) is 0 Å². The van der Waals surface area contributed by atoms with Gasteiger partial charge in [-0.25, -0.2) is 0 Å². The zero-order valence-corrected chi connectivity index (χ0v) is 15.5. The van der Waals surface area contributed by atoms with E-state index in [0.29, 0.717) is 12.1 Å². The molecule has 7 heteroatoms. The normalized spacial score (nSPS) is 11.5. The first-order chi connectivity index (χ1) is 10.0. The van der Waals surface area contributed by atoms with E-state index in [1.807, 2.05) is 36.4 Å². The predicted molar refractivity (Wildman–Crippen MR) is 95.8 cm³/mol. The van der Waals surface area contributed by atoms with Gasteiger partial charge in [0.05, 0.1) is 5.69 Å². The second-order valence-corrected chi connectivity index (χ2v) is 6.86. The Kier molecular flexibility index (Phi) is 5.66. The van der Waals surface area contributed by atoms with Crippen molar-refractivity contribution in [2.45, 2.75) is 6.54 Å². The molecule has 0 bridgehead atoms. The highest BCUT2D eigenvalue weighted by atomic mass is 79.9. The number of nitrogens with zero attached hydrogens (tertiary/aromatic N) is 1. The maximum atomic E-state index is 8.84. The molecular weight excluding hydrogens is 466 g/mol. The van der Waals surface area contributed by atoms with Gasteiger partial charge in [0.2, 0.25) is 0 Å². The average molecular weight is 478 g/mol. The van der Waals surface area contributed by atoms with Gasteiger partial charge in [-0.3, -0.25) is 0 Å². The third kappa shape index (κ3) is 3.99. The molecule has 0 radical (unpaired) electrons. The number of halogens is 3. The average Bonchev–Trinajstić information content (AvgIpc) is 2.45. The summed E-state index contributed by atoms with van der Waals surface area (Å²) < 4.78 is 2.85. The van der Waals surface area contributed by atoms with E-state index in [9.17, 15) is 0 Å². The summed E-state index contributed by atoms with van der Waals surface area (Å²) in [5, 5.41) is 15.2. The van der Waals surface area contributed by atoms with E-state index in [1.54, 1.807) is 0 Å². The minimum Gasteiger partial charge on any atom is -0.409 e. The lowest BCUT2D eigenvalue weighted by Crippen LogP contribution is -2.16. The lowest BCUT2D eigenvalue weighted by Gasteiger charge is -2.13. The summed E-state index contributed by atoms with van der Waals surface area (Å²) in [5.41, 5.74) is 8.27. The van der Waals surface area contributed by atoms with Gasteiger partial charge in [0, 0.05) is 25.5 Å². The van der Waals surface area contributed by atoms with Crippen molar-refractivity contribution >= 4 is 59.3 Å². The predicted octanol–water partition coefficient (Wildman–Crippen LogP) is 4.68. The number of nitrogens with two attached hydrogens (primary N) is 1. The lowest BCUT2D eigenvalue weighted by atomic mass is 10.1. The molecule has 0 unspecified atom stereocenters. The van der Waals surface area contributed by atoms with Crippen molar-refractivity contribution in [1.82, 2.24) is 0 Å². The highest BCUT2D eigenvalue weighted by Crippen LogP contribution is 2.34. The number of benzene rings is 2. The summed E-state index contributed by atoms with van der Waals surface area (Å²) >= 11 is 10.5. The van der Waals surface area contributed by atoms with Crippen molar-refractivity contribution in [3.8, 4) is 0 Å². The molecule has 21 heavy (non-hydrogen) atoms. The molecule has 2 aromatic rings. The third-order valence-corrected chi connectivity index (χ3v) is 4.57. The minimum atomic E-state index is 0.0985. The number of oxime groups is 1. The van der Waals surface area contributed by atoms with Crippen LogP contribution in [0.5, 0.6) is 0 Å². The Bertz CT molecular complexity index is 666. The number of nitrogens with one attached hydrogen (secondary N) is 1. The molecule has 0 saturated heterocycles. The van der Waals surface area contributed by atoms with Gasteiger partial charge in [0.15, 0.2) is 5.84 Å². The SMILES string of the molecule is NC(=NO)c1ccccc1CNc1c(Br)cc(Br)cc1Br. The summed E-state index contributed by atoms with van der Waals surface area (Å²) in [4.78, 5) is 0. The Morgan fingerprint density at radius 2 is 1.76 bits per heavy atom. The van der Waals surface area contributed by atoms with Crippen LogP contribution in [0.4, 0.5) is 5.69 Å². The fourth-order valence-corrected chi connectivity index (χ4v) is 4.41. The molecule has 0 spiro atoms. The van der Waals surface area contributed by atoms with Gasteiger partial charge in [-0.2, -0.15) is 0 Å². The van der Waals surface area contributed by atoms with Crippen molar-refractivity contribution in [2.75, 3.05) is 5.32 Å². The Hall–Kier alpha value is -1.05. The minimum absolute atomic E-state index is 0.0985. The number of amidine groups is 1. The van der Waals surface area contributed by atoms with E-state index in [2.05, 4.69) is 58.3 Å². The summed E-state index contributed by atoms with van der Waals surface area (Å²) in [6, 6.07) is 11.4. The molecule has 0 atom stereocenters. The quantitative estimate of drug-likeness (QED) is 0.259. The van der Waals surface area contributed by atoms with Crippen molar-refractivity contribution < 1.29 is 5.21 Å². The van der Waals surface area contributed by atoms with Crippen LogP contribution in [0.1, 0.15) is 11.1 Å². The monoisotopic (exact) mass is 475 g/mol. The molecule has 0 aromatic heterocycles. The first-order valence-electron chi connectivity index (χ1n) is 5.97. The fourth-order valence-electron chi connectivity index (χ4n) is 1.87. The van der Waals surface area contributed by atoms with Gasteiger partial charge in [0.1, 0.15) is 0 Å². The fraction of sp³-hybridized carbons (Fsp3) is 0.0714. The second-order valence-electron chi connectivity index (χ2n) is 4.24. The molecule has 4 N–H and O–H groups in total. The van der Waals surface area contributed by atoms with Gasteiger partial charge < -0.3 is 16.3 Å². The van der Waals surface area contributed by atoms with Crippen LogP contribution in [0.25, 0.3) is 0 Å². The smallest absolute Gasteiger partial charge is 0.170 e. The number of anilines is 1. The van der Waals surface area contributed by atoms with Crippen LogP contribution >= 0.6 is 47.8 Å².